The minimum atomic E-state index is -0.588. The maximum absolute atomic E-state index is 11.7. The summed E-state index contributed by atoms with van der Waals surface area (Å²) in [6.07, 6.45) is 3.72. The molecule has 7 heteroatoms. The van der Waals surface area contributed by atoms with Crippen molar-refractivity contribution in [2.45, 2.75) is 13.1 Å². The molecule has 1 heterocycles. The molecule has 1 unspecified atom stereocenters. The van der Waals surface area contributed by atoms with Gasteiger partial charge in [-0.3, -0.25) is 9.59 Å². The molecule has 144 valence electrons. The third-order valence-corrected chi connectivity index (χ3v) is 3.91. The van der Waals surface area contributed by atoms with Gasteiger partial charge in [0.1, 0.15) is 0 Å². The zero-order valence-electron chi connectivity index (χ0n) is 15.3. The Balaban J connectivity index is 0.00000280. The number of hydrogen-bond donors (Lipinski definition) is 3. The van der Waals surface area contributed by atoms with Crippen molar-refractivity contribution in [1.29, 1.82) is 0 Å². The Morgan fingerprint density at radius 2 is 1.50 bits per heavy atom. The maximum atomic E-state index is 11.7. The molecule has 0 aliphatic carbocycles. The standard InChI is InChI=1S/C21H20N4O2.ClH/c1-16(27)22-18-11-13-25(14-12-18)21(15-26)24-20-10-6-5-9-19(20)23-17-7-3-2-4-8-17;/h2-15,21,23-24H,1H3;1H. The number of para-hydroxylation sites is 3. The fraction of sp³-hybridized carbons (Fsp3) is 0.0952. The summed E-state index contributed by atoms with van der Waals surface area (Å²) in [5.74, 6) is -0.140. The molecule has 1 aromatic heterocycles. The fourth-order valence-electron chi connectivity index (χ4n) is 2.64. The molecule has 0 aliphatic rings. The van der Waals surface area contributed by atoms with E-state index in [1.54, 1.807) is 29.1 Å². The average molecular weight is 397 g/mol. The Kier molecular flexibility index (Phi) is 7.54. The van der Waals surface area contributed by atoms with Gasteiger partial charge in [0.25, 0.3) is 6.17 Å². The number of amides is 1. The summed E-state index contributed by atoms with van der Waals surface area (Å²) in [6.45, 7) is 1.45. The third-order valence-electron chi connectivity index (χ3n) is 3.91. The fourth-order valence-corrected chi connectivity index (χ4v) is 2.64. The topological polar surface area (TPSA) is 74.1 Å². The molecule has 3 rings (SSSR count). The van der Waals surface area contributed by atoms with E-state index in [9.17, 15) is 9.59 Å². The van der Waals surface area contributed by atoms with Gasteiger partial charge in [-0.25, -0.2) is 0 Å². The van der Waals surface area contributed by atoms with E-state index in [0.717, 1.165) is 23.3 Å². The highest BCUT2D eigenvalue weighted by Crippen LogP contribution is 2.26. The molecule has 0 bridgehead atoms. The van der Waals surface area contributed by atoms with Crippen molar-refractivity contribution >= 4 is 34.9 Å². The van der Waals surface area contributed by atoms with E-state index in [1.807, 2.05) is 54.6 Å². The Morgan fingerprint density at radius 3 is 2.11 bits per heavy atom. The van der Waals surface area contributed by atoms with Gasteiger partial charge in [0.2, 0.25) is 12.2 Å². The summed E-state index contributed by atoms with van der Waals surface area (Å²) in [5.41, 5.74) is 3.30. The molecule has 6 nitrogen and oxygen atoms in total. The van der Waals surface area contributed by atoms with Crippen LogP contribution in [0.25, 0.3) is 0 Å². The van der Waals surface area contributed by atoms with Crippen LogP contribution in [-0.4, -0.2) is 12.2 Å². The van der Waals surface area contributed by atoms with Crippen LogP contribution in [0, 0.1) is 0 Å². The lowest BCUT2D eigenvalue weighted by atomic mass is 10.2. The second kappa shape index (κ2) is 10.1. The lowest BCUT2D eigenvalue weighted by Crippen LogP contribution is -3.00. The molecule has 0 saturated carbocycles. The molecule has 1 atom stereocenters. The van der Waals surface area contributed by atoms with Crippen LogP contribution in [0.5, 0.6) is 0 Å². The van der Waals surface area contributed by atoms with E-state index in [1.165, 1.54) is 6.92 Å². The molecule has 0 radical (unpaired) electrons. The number of nitrogens with one attached hydrogen (secondary N) is 3. The molecule has 0 spiro atoms. The van der Waals surface area contributed by atoms with Gasteiger partial charge >= 0.3 is 0 Å². The van der Waals surface area contributed by atoms with E-state index < -0.39 is 6.17 Å². The van der Waals surface area contributed by atoms with E-state index in [2.05, 4.69) is 16.0 Å². The smallest absolute Gasteiger partial charge is 0.288 e. The molecular weight excluding hydrogens is 376 g/mol. The van der Waals surface area contributed by atoms with Crippen molar-refractivity contribution < 1.29 is 26.6 Å². The number of nitrogens with zero attached hydrogens (tertiary/aromatic N) is 1. The van der Waals surface area contributed by atoms with Gasteiger partial charge in [0.15, 0.2) is 12.4 Å². The molecule has 3 aromatic rings. The lowest BCUT2D eigenvalue weighted by Gasteiger charge is -2.15. The number of aromatic nitrogens is 1. The molecular formula is C21H21ClN4O2. The summed E-state index contributed by atoms with van der Waals surface area (Å²) < 4.78 is 1.73. The Labute approximate surface area is 170 Å². The first-order valence-corrected chi connectivity index (χ1v) is 8.57. The Bertz CT molecular complexity index is 917. The number of carbonyl (C=O) groups excluding carboxylic acids is 2. The normalized spacial score (nSPS) is 10.9. The summed E-state index contributed by atoms with van der Waals surface area (Å²) >= 11 is 0. The average Bonchev–Trinajstić information content (AvgIpc) is 2.68. The van der Waals surface area contributed by atoms with Gasteiger partial charge in [0.05, 0.1) is 17.1 Å². The SMILES string of the molecule is CC(=O)Nc1cc[n+](C(C=O)Nc2ccccc2Nc2ccccc2)cc1.[Cl-]. The zero-order chi connectivity index (χ0) is 19.1. The van der Waals surface area contributed by atoms with E-state index in [4.69, 9.17) is 0 Å². The zero-order valence-corrected chi connectivity index (χ0v) is 16.1. The van der Waals surface area contributed by atoms with Crippen LogP contribution in [0.3, 0.4) is 0 Å². The van der Waals surface area contributed by atoms with Crippen molar-refractivity contribution in [3.63, 3.8) is 0 Å². The number of carbonyl (C=O) groups is 2. The maximum Gasteiger partial charge on any atom is 0.288 e. The number of halogens is 1. The first-order chi connectivity index (χ1) is 13.2. The van der Waals surface area contributed by atoms with E-state index in [-0.39, 0.29) is 18.3 Å². The number of rotatable bonds is 7. The first kappa shape index (κ1) is 20.9. The second-order valence-corrected chi connectivity index (χ2v) is 5.98. The minimum Gasteiger partial charge on any atom is -1.00 e. The van der Waals surface area contributed by atoms with Crippen LogP contribution in [0.4, 0.5) is 22.7 Å². The van der Waals surface area contributed by atoms with E-state index in [0.29, 0.717) is 5.69 Å². The molecule has 2 aromatic carbocycles. The van der Waals surface area contributed by atoms with Crippen molar-refractivity contribution in [2.75, 3.05) is 16.0 Å². The van der Waals surface area contributed by atoms with Gasteiger partial charge in [-0.05, 0) is 24.3 Å². The third kappa shape index (κ3) is 5.56. The van der Waals surface area contributed by atoms with Gasteiger partial charge in [0, 0.05) is 24.7 Å². The van der Waals surface area contributed by atoms with Gasteiger partial charge in [-0.15, -0.1) is 0 Å². The Morgan fingerprint density at radius 1 is 0.893 bits per heavy atom. The van der Waals surface area contributed by atoms with Crippen molar-refractivity contribution in [3.05, 3.63) is 79.1 Å². The number of hydrogen-bond acceptors (Lipinski definition) is 4. The largest absolute Gasteiger partial charge is 1.00 e. The summed E-state index contributed by atoms with van der Waals surface area (Å²) in [4.78, 5) is 22.8. The summed E-state index contributed by atoms with van der Waals surface area (Å²) in [6, 6.07) is 21.0. The number of pyridine rings is 1. The molecule has 0 aliphatic heterocycles. The number of anilines is 4. The summed E-state index contributed by atoms with van der Waals surface area (Å²) in [7, 11) is 0. The van der Waals surface area contributed by atoms with Crippen molar-refractivity contribution in [2.24, 2.45) is 0 Å². The van der Waals surface area contributed by atoms with Crippen LogP contribution in [0.2, 0.25) is 0 Å². The monoisotopic (exact) mass is 396 g/mol. The highest BCUT2D eigenvalue weighted by Gasteiger charge is 2.18. The molecule has 28 heavy (non-hydrogen) atoms. The lowest BCUT2D eigenvalue weighted by molar-refractivity contribution is -0.701. The predicted molar refractivity (Wildman–Crippen MR) is 106 cm³/mol. The van der Waals surface area contributed by atoms with Crippen LogP contribution >= 0.6 is 0 Å². The van der Waals surface area contributed by atoms with Gasteiger partial charge < -0.3 is 28.4 Å². The number of benzene rings is 2. The molecule has 3 N–H and O–H groups in total. The highest BCUT2D eigenvalue weighted by molar-refractivity contribution is 5.88. The predicted octanol–water partition coefficient (Wildman–Crippen LogP) is 0.490. The van der Waals surface area contributed by atoms with Gasteiger partial charge in [-0.2, -0.15) is 4.57 Å². The van der Waals surface area contributed by atoms with Crippen LogP contribution in [-0.2, 0) is 9.59 Å². The van der Waals surface area contributed by atoms with Crippen LogP contribution < -0.4 is 32.9 Å². The number of aldehydes is 1. The van der Waals surface area contributed by atoms with Crippen LogP contribution in [0.15, 0.2) is 79.1 Å². The van der Waals surface area contributed by atoms with Crippen LogP contribution in [0.1, 0.15) is 13.1 Å². The van der Waals surface area contributed by atoms with Crippen molar-refractivity contribution in [3.8, 4) is 0 Å². The molecule has 0 fully saturated rings. The molecule has 1 amide bonds. The van der Waals surface area contributed by atoms with E-state index >= 15 is 0 Å². The Hall–Kier alpha value is -3.38. The second-order valence-electron chi connectivity index (χ2n) is 5.98. The van der Waals surface area contributed by atoms with Gasteiger partial charge in [-0.1, -0.05) is 30.3 Å². The first-order valence-electron chi connectivity index (χ1n) is 8.57. The minimum absolute atomic E-state index is 0. The summed E-state index contributed by atoms with van der Waals surface area (Å²) in [5, 5.41) is 9.29. The molecule has 0 saturated heterocycles. The quantitative estimate of drug-likeness (QED) is 0.401. The highest BCUT2D eigenvalue weighted by atomic mass is 35.5. The van der Waals surface area contributed by atoms with Crippen molar-refractivity contribution in [1.82, 2.24) is 0 Å².